The number of nitrogens with zero attached hydrogens (tertiary/aromatic N) is 1. The summed E-state index contributed by atoms with van der Waals surface area (Å²) >= 11 is 0. The SMILES string of the molecule is Cc1ccc(NC(=O)CN2CCC(C(=O)NCCC(C)C)CC2)cc1. The molecule has 1 fully saturated rings. The first-order valence-electron chi connectivity index (χ1n) is 9.30. The Bertz CT molecular complexity index is 561. The van der Waals surface area contributed by atoms with Gasteiger partial charge in [0.05, 0.1) is 6.54 Å². The third kappa shape index (κ3) is 6.86. The molecule has 0 bridgehead atoms. The average Bonchev–Trinajstić information content (AvgIpc) is 2.57. The highest BCUT2D eigenvalue weighted by Crippen LogP contribution is 2.17. The van der Waals surface area contributed by atoms with E-state index >= 15 is 0 Å². The second-order valence-electron chi connectivity index (χ2n) is 7.44. The summed E-state index contributed by atoms with van der Waals surface area (Å²) in [6.07, 6.45) is 2.67. The van der Waals surface area contributed by atoms with E-state index in [2.05, 4.69) is 29.4 Å². The fourth-order valence-electron chi connectivity index (χ4n) is 3.02. The second kappa shape index (κ2) is 9.56. The number of carbonyl (C=O) groups excluding carboxylic acids is 2. The van der Waals surface area contributed by atoms with Crippen molar-refractivity contribution in [3.63, 3.8) is 0 Å². The molecule has 0 radical (unpaired) electrons. The maximum Gasteiger partial charge on any atom is 0.238 e. The lowest BCUT2D eigenvalue weighted by Crippen LogP contribution is -2.43. The number of hydrogen-bond acceptors (Lipinski definition) is 3. The van der Waals surface area contributed by atoms with Crippen LogP contribution in [0.25, 0.3) is 0 Å². The standard InChI is InChI=1S/C20H31N3O2/c1-15(2)8-11-21-20(25)17-9-12-23(13-10-17)14-19(24)22-18-6-4-16(3)5-7-18/h4-7,15,17H,8-14H2,1-3H3,(H,21,25)(H,22,24). The molecule has 5 nitrogen and oxygen atoms in total. The van der Waals surface area contributed by atoms with Crippen LogP contribution in [0.2, 0.25) is 0 Å². The van der Waals surface area contributed by atoms with Gasteiger partial charge in [0.15, 0.2) is 0 Å². The van der Waals surface area contributed by atoms with Crippen molar-refractivity contribution in [2.45, 2.75) is 40.0 Å². The van der Waals surface area contributed by atoms with E-state index < -0.39 is 0 Å². The van der Waals surface area contributed by atoms with E-state index in [1.807, 2.05) is 31.2 Å². The van der Waals surface area contributed by atoms with Gasteiger partial charge in [0.2, 0.25) is 11.8 Å². The first kappa shape index (κ1) is 19.4. The summed E-state index contributed by atoms with van der Waals surface area (Å²) in [5.41, 5.74) is 2.00. The number of benzene rings is 1. The first-order chi connectivity index (χ1) is 11.9. The number of anilines is 1. The van der Waals surface area contributed by atoms with Gasteiger partial charge in [-0.05, 0) is 57.3 Å². The molecular formula is C20H31N3O2. The molecule has 2 rings (SSSR count). The molecule has 0 unspecified atom stereocenters. The number of carbonyl (C=O) groups is 2. The van der Waals surface area contributed by atoms with Gasteiger partial charge in [-0.3, -0.25) is 14.5 Å². The summed E-state index contributed by atoms with van der Waals surface area (Å²) in [5.74, 6) is 0.867. The minimum Gasteiger partial charge on any atom is -0.356 e. The van der Waals surface area contributed by atoms with Crippen LogP contribution in [0.5, 0.6) is 0 Å². The quantitative estimate of drug-likeness (QED) is 0.799. The number of hydrogen-bond donors (Lipinski definition) is 2. The van der Waals surface area contributed by atoms with Crippen LogP contribution in [-0.2, 0) is 9.59 Å². The molecular weight excluding hydrogens is 314 g/mol. The molecule has 0 spiro atoms. The number of nitrogens with one attached hydrogen (secondary N) is 2. The van der Waals surface area contributed by atoms with Crippen LogP contribution in [0.3, 0.4) is 0 Å². The molecule has 0 saturated carbocycles. The molecule has 2 amide bonds. The van der Waals surface area contributed by atoms with E-state index in [9.17, 15) is 9.59 Å². The van der Waals surface area contributed by atoms with Crippen LogP contribution in [-0.4, -0.2) is 42.9 Å². The average molecular weight is 345 g/mol. The van der Waals surface area contributed by atoms with Gasteiger partial charge < -0.3 is 10.6 Å². The maximum atomic E-state index is 12.2. The molecule has 2 N–H and O–H groups in total. The fraction of sp³-hybridized carbons (Fsp3) is 0.600. The van der Waals surface area contributed by atoms with Gasteiger partial charge in [-0.15, -0.1) is 0 Å². The zero-order valence-corrected chi connectivity index (χ0v) is 15.7. The molecule has 1 heterocycles. The van der Waals surface area contributed by atoms with E-state index in [1.54, 1.807) is 0 Å². The smallest absolute Gasteiger partial charge is 0.238 e. The topological polar surface area (TPSA) is 61.4 Å². The van der Waals surface area contributed by atoms with Crippen molar-refractivity contribution in [1.29, 1.82) is 0 Å². The maximum absolute atomic E-state index is 12.2. The Morgan fingerprint density at radius 3 is 2.40 bits per heavy atom. The first-order valence-corrected chi connectivity index (χ1v) is 9.30. The predicted molar refractivity (Wildman–Crippen MR) is 101 cm³/mol. The van der Waals surface area contributed by atoms with Gasteiger partial charge in [-0.2, -0.15) is 0 Å². The van der Waals surface area contributed by atoms with Crippen molar-refractivity contribution >= 4 is 17.5 Å². The lowest BCUT2D eigenvalue weighted by atomic mass is 9.95. The third-order valence-corrected chi connectivity index (χ3v) is 4.68. The third-order valence-electron chi connectivity index (χ3n) is 4.68. The van der Waals surface area contributed by atoms with E-state index in [0.717, 1.165) is 44.6 Å². The minimum absolute atomic E-state index is 0.00341. The Hall–Kier alpha value is -1.88. The molecule has 1 aromatic carbocycles. The van der Waals surface area contributed by atoms with Crippen LogP contribution in [0.15, 0.2) is 24.3 Å². The molecule has 1 aliphatic rings. The second-order valence-corrected chi connectivity index (χ2v) is 7.44. The van der Waals surface area contributed by atoms with Crippen LogP contribution in [0, 0.1) is 18.8 Å². The van der Waals surface area contributed by atoms with Crippen LogP contribution in [0.4, 0.5) is 5.69 Å². The van der Waals surface area contributed by atoms with Crippen molar-refractivity contribution in [3.8, 4) is 0 Å². The molecule has 1 aliphatic heterocycles. The summed E-state index contributed by atoms with van der Waals surface area (Å²) in [5, 5.41) is 5.97. The van der Waals surface area contributed by atoms with Gasteiger partial charge in [0.1, 0.15) is 0 Å². The van der Waals surface area contributed by atoms with E-state index in [4.69, 9.17) is 0 Å². The number of amides is 2. The Labute approximate surface area is 151 Å². The molecule has 5 heteroatoms. The van der Waals surface area contributed by atoms with E-state index in [0.29, 0.717) is 12.5 Å². The lowest BCUT2D eigenvalue weighted by Gasteiger charge is -2.30. The van der Waals surface area contributed by atoms with Crippen molar-refractivity contribution in [1.82, 2.24) is 10.2 Å². The van der Waals surface area contributed by atoms with Gasteiger partial charge in [-0.1, -0.05) is 31.5 Å². The Morgan fingerprint density at radius 2 is 1.80 bits per heavy atom. The van der Waals surface area contributed by atoms with Crippen LogP contribution >= 0.6 is 0 Å². The van der Waals surface area contributed by atoms with Crippen molar-refractivity contribution in [2.75, 3.05) is 31.5 Å². The summed E-state index contributed by atoms with van der Waals surface area (Å²) in [7, 11) is 0. The van der Waals surface area contributed by atoms with E-state index in [1.165, 1.54) is 5.56 Å². The molecule has 0 atom stereocenters. The Morgan fingerprint density at radius 1 is 1.16 bits per heavy atom. The number of likely N-dealkylation sites (tertiary alicyclic amines) is 1. The predicted octanol–water partition coefficient (Wildman–Crippen LogP) is 2.81. The Kier molecular flexibility index (Phi) is 7.44. The van der Waals surface area contributed by atoms with Crippen LogP contribution < -0.4 is 10.6 Å². The molecule has 1 aromatic rings. The van der Waals surface area contributed by atoms with Crippen LogP contribution in [0.1, 0.15) is 38.7 Å². The molecule has 1 saturated heterocycles. The molecule has 25 heavy (non-hydrogen) atoms. The zero-order chi connectivity index (χ0) is 18.2. The molecule has 138 valence electrons. The summed E-state index contributed by atoms with van der Waals surface area (Å²) in [6, 6.07) is 7.81. The summed E-state index contributed by atoms with van der Waals surface area (Å²) in [4.78, 5) is 26.4. The normalized spacial score (nSPS) is 16.0. The number of aryl methyl sites for hydroxylation is 1. The van der Waals surface area contributed by atoms with Crippen molar-refractivity contribution in [2.24, 2.45) is 11.8 Å². The fourth-order valence-corrected chi connectivity index (χ4v) is 3.02. The molecule has 0 aliphatic carbocycles. The highest BCUT2D eigenvalue weighted by Gasteiger charge is 2.25. The summed E-state index contributed by atoms with van der Waals surface area (Å²) < 4.78 is 0. The zero-order valence-electron chi connectivity index (χ0n) is 15.7. The van der Waals surface area contributed by atoms with Gasteiger partial charge in [0.25, 0.3) is 0 Å². The largest absolute Gasteiger partial charge is 0.356 e. The van der Waals surface area contributed by atoms with Crippen molar-refractivity contribution in [3.05, 3.63) is 29.8 Å². The lowest BCUT2D eigenvalue weighted by molar-refractivity contribution is -0.126. The van der Waals surface area contributed by atoms with Gasteiger partial charge in [-0.25, -0.2) is 0 Å². The number of rotatable bonds is 7. The monoisotopic (exact) mass is 345 g/mol. The van der Waals surface area contributed by atoms with Gasteiger partial charge in [0, 0.05) is 18.2 Å². The minimum atomic E-state index is 0.00341. The highest BCUT2D eigenvalue weighted by molar-refractivity contribution is 5.92. The Balaban J connectivity index is 1.68. The molecule has 0 aromatic heterocycles. The van der Waals surface area contributed by atoms with Gasteiger partial charge >= 0.3 is 0 Å². The summed E-state index contributed by atoms with van der Waals surface area (Å²) in [6.45, 7) is 9.08. The van der Waals surface area contributed by atoms with Crippen molar-refractivity contribution < 1.29 is 9.59 Å². The van der Waals surface area contributed by atoms with E-state index in [-0.39, 0.29) is 17.7 Å². The number of piperidine rings is 1. The highest BCUT2D eigenvalue weighted by atomic mass is 16.2.